The Labute approximate surface area is 186 Å². The number of carbonyl (C=O) groups is 1. The van der Waals surface area contributed by atoms with Crippen LogP contribution in [0.3, 0.4) is 0 Å². The number of hydrogen-bond donors (Lipinski definition) is 2. The van der Waals surface area contributed by atoms with E-state index in [4.69, 9.17) is 17.4 Å². The van der Waals surface area contributed by atoms with Gasteiger partial charge in [-0.25, -0.2) is 4.68 Å². The van der Waals surface area contributed by atoms with Crippen LogP contribution in [0.1, 0.15) is 37.5 Å². The van der Waals surface area contributed by atoms with E-state index >= 15 is 0 Å². The van der Waals surface area contributed by atoms with Gasteiger partial charge in [-0.3, -0.25) is 4.79 Å². The third-order valence-corrected chi connectivity index (χ3v) is 5.94. The number of nitrogens with one attached hydrogen (secondary N) is 1. The third kappa shape index (κ3) is 4.96. The molecule has 0 aliphatic carbocycles. The highest BCUT2D eigenvalue weighted by atomic mass is 35.5. The van der Waals surface area contributed by atoms with Crippen LogP contribution >= 0.6 is 23.4 Å². The van der Waals surface area contributed by atoms with E-state index in [-0.39, 0.29) is 17.1 Å². The number of rotatable bonds is 5. The van der Waals surface area contributed by atoms with Crippen LogP contribution in [0.4, 0.5) is 5.69 Å². The predicted molar refractivity (Wildman–Crippen MR) is 125 cm³/mol. The average molecular weight is 444 g/mol. The van der Waals surface area contributed by atoms with Gasteiger partial charge in [0.25, 0.3) is 0 Å². The van der Waals surface area contributed by atoms with Crippen molar-refractivity contribution in [2.24, 2.45) is 0 Å². The van der Waals surface area contributed by atoms with E-state index in [0.717, 1.165) is 16.7 Å². The lowest BCUT2D eigenvalue weighted by Gasteiger charge is -2.19. The van der Waals surface area contributed by atoms with Crippen molar-refractivity contribution >= 4 is 35.0 Å². The lowest BCUT2D eigenvalue weighted by atomic mass is 9.87. The summed E-state index contributed by atoms with van der Waals surface area (Å²) in [7, 11) is 0. The summed E-state index contributed by atoms with van der Waals surface area (Å²) in [6.45, 7) is 10.4. The molecular formula is C22H26ClN5OS. The van der Waals surface area contributed by atoms with Crippen LogP contribution in [0.2, 0.25) is 5.02 Å². The topological polar surface area (TPSA) is 85.8 Å². The molecule has 1 amide bonds. The number of hydrogen-bond acceptors (Lipinski definition) is 5. The first-order valence-electron chi connectivity index (χ1n) is 9.57. The van der Waals surface area contributed by atoms with Gasteiger partial charge in [-0.2, -0.15) is 0 Å². The number of aromatic nitrogens is 3. The van der Waals surface area contributed by atoms with E-state index in [1.807, 2.05) is 38.1 Å². The minimum absolute atomic E-state index is 0.0714. The van der Waals surface area contributed by atoms with Gasteiger partial charge in [0.1, 0.15) is 0 Å². The molecule has 2 aromatic carbocycles. The van der Waals surface area contributed by atoms with Crippen molar-refractivity contribution in [3.05, 3.63) is 58.1 Å². The van der Waals surface area contributed by atoms with Crippen molar-refractivity contribution in [2.45, 2.75) is 45.2 Å². The number of carbonyl (C=O) groups excluding carboxylic acids is 1. The first-order valence-corrected chi connectivity index (χ1v) is 10.9. The molecule has 0 fully saturated rings. The summed E-state index contributed by atoms with van der Waals surface area (Å²) in [5.41, 5.74) is 4.76. The van der Waals surface area contributed by atoms with E-state index in [0.29, 0.717) is 21.7 Å². The maximum atomic E-state index is 12.4. The summed E-state index contributed by atoms with van der Waals surface area (Å²) >= 11 is 7.48. The van der Waals surface area contributed by atoms with Crippen LogP contribution in [0.15, 0.2) is 41.6 Å². The summed E-state index contributed by atoms with van der Waals surface area (Å²) in [5.74, 6) is 6.69. The normalized spacial score (nSPS) is 11.5. The molecule has 158 valence electrons. The Bertz CT molecular complexity index is 1050. The van der Waals surface area contributed by atoms with Crippen molar-refractivity contribution in [1.82, 2.24) is 14.9 Å². The molecule has 0 atom stereocenters. The summed E-state index contributed by atoms with van der Waals surface area (Å²) in [4.78, 5) is 12.4. The van der Waals surface area contributed by atoms with E-state index in [2.05, 4.69) is 48.4 Å². The highest BCUT2D eigenvalue weighted by molar-refractivity contribution is 7.99. The highest BCUT2D eigenvalue weighted by Crippen LogP contribution is 2.29. The second-order valence-corrected chi connectivity index (χ2v) is 9.63. The summed E-state index contributed by atoms with van der Waals surface area (Å²) in [6, 6.07) is 11.9. The summed E-state index contributed by atoms with van der Waals surface area (Å²) < 4.78 is 1.41. The molecule has 1 heterocycles. The number of nitrogens with two attached hydrogens (primary N) is 1. The number of nitrogen functional groups attached to an aromatic ring is 1. The maximum Gasteiger partial charge on any atom is 0.234 e. The fraction of sp³-hybridized carbons (Fsp3) is 0.318. The van der Waals surface area contributed by atoms with Crippen molar-refractivity contribution < 1.29 is 4.79 Å². The number of anilines is 1. The van der Waals surface area contributed by atoms with Gasteiger partial charge in [0.2, 0.25) is 11.1 Å². The van der Waals surface area contributed by atoms with Crippen LogP contribution in [0, 0.1) is 13.8 Å². The molecule has 0 aliphatic rings. The fourth-order valence-corrected chi connectivity index (χ4v) is 4.10. The first kappa shape index (κ1) is 22.2. The lowest BCUT2D eigenvalue weighted by molar-refractivity contribution is -0.113. The van der Waals surface area contributed by atoms with Gasteiger partial charge in [0.05, 0.1) is 16.5 Å². The standard InChI is InChI=1S/C22H26ClN5OS/c1-13-10-14(2)19(17(23)11-13)25-18(29)12-30-21-27-26-20(28(21)24)15-6-8-16(9-7-15)22(3,4)5/h6-11H,12,24H2,1-5H3,(H,25,29). The summed E-state index contributed by atoms with van der Waals surface area (Å²) in [6.07, 6.45) is 0. The Hall–Kier alpha value is -2.51. The van der Waals surface area contributed by atoms with Crippen LogP contribution in [-0.4, -0.2) is 26.5 Å². The lowest BCUT2D eigenvalue weighted by Crippen LogP contribution is -2.17. The molecule has 8 heteroatoms. The minimum Gasteiger partial charge on any atom is -0.335 e. The zero-order valence-corrected chi connectivity index (χ0v) is 19.4. The zero-order valence-electron chi connectivity index (χ0n) is 17.8. The largest absolute Gasteiger partial charge is 0.335 e. The molecule has 3 aromatic rings. The summed E-state index contributed by atoms with van der Waals surface area (Å²) in [5, 5.41) is 12.2. The molecule has 0 saturated carbocycles. The minimum atomic E-state index is -0.187. The SMILES string of the molecule is Cc1cc(C)c(NC(=O)CSc2nnc(-c3ccc(C(C)(C)C)cc3)n2N)c(Cl)c1. The molecule has 0 bridgehead atoms. The number of halogens is 1. The molecule has 0 unspecified atom stereocenters. The zero-order chi connectivity index (χ0) is 22.1. The smallest absolute Gasteiger partial charge is 0.234 e. The molecule has 3 N–H and O–H groups in total. The molecule has 3 rings (SSSR count). The molecule has 0 radical (unpaired) electrons. The van der Waals surface area contributed by atoms with Gasteiger partial charge >= 0.3 is 0 Å². The number of thioether (sulfide) groups is 1. The Kier molecular flexibility index (Phi) is 6.43. The fourth-order valence-electron chi connectivity index (χ4n) is 3.07. The monoisotopic (exact) mass is 443 g/mol. The highest BCUT2D eigenvalue weighted by Gasteiger charge is 2.17. The Morgan fingerprint density at radius 1 is 1.17 bits per heavy atom. The second-order valence-electron chi connectivity index (χ2n) is 8.28. The Morgan fingerprint density at radius 3 is 2.43 bits per heavy atom. The third-order valence-electron chi connectivity index (χ3n) is 4.70. The number of nitrogens with zero attached hydrogens (tertiary/aromatic N) is 3. The number of aryl methyl sites for hydroxylation is 2. The van der Waals surface area contributed by atoms with Crippen molar-refractivity contribution in [3.63, 3.8) is 0 Å². The van der Waals surface area contributed by atoms with E-state index in [1.165, 1.54) is 22.0 Å². The van der Waals surface area contributed by atoms with Crippen LogP contribution in [-0.2, 0) is 10.2 Å². The van der Waals surface area contributed by atoms with Crippen molar-refractivity contribution in [1.29, 1.82) is 0 Å². The van der Waals surface area contributed by atoms with Gasteiger partial charge in [-0.1, -0.05) is 74.5 Å². The van der Waals surface area contributed by atoms with Gasteiger partial charge in [-0.05, 0) is 42.0 Å². The van der Waals surface area contributed by atoms with Crippen molar-refractivity contribution in [3.8, 4) is 11.4 Å². The maximum absolute atomic E-state index is 12.4. The first-order chi connectivity index (χ1) is 14.1. The van der Waals surface area contributed by atoms with Gasteiger partial charge in [0, 0.05) is 5.56 Å². The van der Waals surface area contributed by atoms with Gasteiger partial charge in [0.15, 0.2) is 5.82 Å². The quantitative estimate of drug-likeness (QED) is 0.430. The average Bonchev–Trinajstić information content (AvgIpc) is 3.03. The Balaban J connectivity index is 1.68. The van der Waals surface area contributed by atoms with E-state index in [9.17, 15) is 4.79 Å². The molecular weight excluding hydrogens is 418 g/mol. The molecule has 6 nitrogen and oxygen atoms in total. The van der Waals surface area contributed by atoms with E-state index in [1.54, 1.807) is 0 Å². The van der Waals surface area contributed by atoms with Gasteiger partial charge < -0.3 is 11.2 Å². The molecule has 0 saturated heterocycles. The Morgan fingerprint density at radius 2 is 1.83 bits per heavy atom. The van der Waals surface area contributed by atoms with Crippen LogP contribution in [0.25, 0.3) is 11.4 Å². The number of amides is 1. The van der Waals surface area contributed by atoms with E-state index < -0.39 is 0 Å². The molecule has 0 spiro atoms. The van der Waals surface area contributed by atoms with Crippen LogP contribution < -0.4 is 11.2 Å². The molecule has 0 aliphatic heterocycles. The molecule has 1 aromatic heterocycles. The molecule has 30 heavy (non-hydrogen) atoms. The van der Waals surface area contributed by atoms with Crippen LogP contribution in [0.5, 0.6) is 0 Å². The second kappa shape index (κ2) is 8.70. The number of benzene rings is 2. The van der Waals surface area contributed by atoms with Gasteiger partial charge in [-0.15, -0.1) is 10.2 Å². The predicted octanol–water partition coefficient (Wildman–Crippen LogP) is 4.96. The van der Waals surface area contributed by atoms with Crippen molar-refractivity contribution in [2.75, 3.05) is 16.9 Å².